The van der Waals surface area contributed by atoms with Gasteiger partial charge in [-0.05, 0) is 48.9 Å². The molecule has 0 fully saturated rings. The molecule has 0 radical (unpaired) electrons. The predicted octanol–water partition coefficient (Wildman–Crippen LogP) is 5.15. The van der Waals surface area contributed by atoms with Gasteiger partial charge in [-0.1, -0.05) is 24.6 Å². The van der Waals surface area contributed by atoms with Crippen LogP contribution in [0.4, 0.5) is 18.9 Å². The second-order valence-corrected chi connectivity index (χ2v) is 5.47. The minimum absolute atomic E-state index is 0.265. The van der Waals surface area contributed by atoms with Gasteiger partial charge < -0.3 is 10.1 Å². The molecule has 0 bridgehead atoms. The second kappa shape index (κ2) is 7.57. The van der Waals surface area contributed by atoms with Crippen molar-refractivity contribution in [3.63, 3.8) is 0 Å². The van der Waals surface area contributed by atoms with Gasteiger partial charge in [0.25, 0.3) is 5.91 Å². The van der Waals surface area contributed by atoms with Gasteiger partial charge in [0, 0.05) is 10.7 Å². The minimum atomic E-state index is -4.41. The smallest absolute Gasteiger partial charge is 0.416 e. The predicted molar refractivity (Wildman–Crippen MR) is 86.2 cm³/mol. The van der Waals surface area contributed by atoms with Gasteiger partial charge in [-0.15, -0.1) is 0 Å². The molecule has 0 saturated heterocycles. The van der Waals surface area contributed by atoms with Crippen LogP contribution in [-0.4, -0.2) is 12.0 Å². The first kappa shape index (κ1) is 18.1. The van der Waals surface area contributed by atoms with E-state index in [0.29, 0.717) is 17.2 Å². The highest BCUT2D eigenvalue weighted by molar-refractivity contribution is 6.30. The van der Waals surface area contributed by atoms with Crippen molar-refractivity contribution in [3.05, 3.63) is 59.1 Å². The van der Waals surface area contributed by atoms with Crippen LogP contribution in [0.2, 0.25) is 5.02 Å². The van der Waals surface area contributed by atoms with Gasteiger partial charge in [-0.25, -0.2) is 0 Å². The largest absolute Gasteiger partial charge is 0.481 e. The summed E-state index contributed by atoms with van der Waals surface area (Å²) in [4.78, 5) is 12.2. The molecular formula is C17H15ClF3NO2. The Morgan fingerprint density at radius 3 is 2.42 bits per heavy atom. The van der Waals surface area contributed by atoms with Gasteiger partial charge in [0.2, 0.25) is 0 Å². The molecule has 7 heteroatoms. The molecule has 24 heavy (non-hydrogen) atoms. The molecule has 0 saturated carbocycles. The van der Waals surface area contributed by atoms with Gasteiger partial charge in [0.05, 0.1) is 5.56 Å². The fourth-order valence-electron chi connectivity index (χ4n) is 1.99. The Morgan fingerprint density at radius 1 is 1.21 bits per heavy atom. The summed E-state index contributed by atoms with van der Waals surface area (Å²) in [5.74, 6) is -0.00541. The molecule has 0 aliphatic rings. The van der Waals surface area contributed by atoms with E-state index in [0.717, 1.165) is 12.1 Å². The maximum Gasteiger partial charge on any atom is 0.416 e. The Kier molecular flexibility index (Phi) is 5.72. The van der Waals surface area contributed by atoms with Crippen molar-refractivity contribution in [2.24, 2.45) is 0 Å². The van der Waals surface area contributed by atoms with E-state index in [9.17, 15) is 18.0 Å². The Labute approximate surface area is 142 Å². The Balaban J connectivity index is 2.04. The fraction of sp³-hybridized carbons (Fsp3) is 0.235. The monoisotopic (exact) mass is 357 g/mol. The van der Waals surface area contributed by atoms with Crippen LogP contribution in [0.3, 0.4) is 0 Å². The number of ether oxygens (including phenoxy) is 1. The summed E-state index contributed by atoms with van der Waals surface area (Å²) in [6, 6.07) is 10.8. The molecule has 2 aromatic rings. The highest BCUT2D eigenvalue weighted by Gasteiger charge is 2.30. The van der Waals surface area contributed by atoms with Crippen molar-refractivity contribution < 1.29 is 22.7 Å². The second-order valence-electron chi connectivity index (χ2n) is 5.04. The van der Waals surface area contributed by atoms with E-state index in [1.165, 1.54) is 12.1 Å². The maximum absolute atomic E-state index is 12.5. The topological polar surface area (TPSA) is 38.3 Å². The molecule has 3 nitrogen and oxygen atoms in total. The average Bonchev–Trinajstić information content (AvgIpc) is 2.52. The van der Waals surface area contributed by atoms with Crippen LogP contribution in [0.5, 0.6) is 5.75 Å². The Hall–Kier alpha value is -2.21. The minimum Gasteiger partial charge on any atom is -0.481 e. The molecule has 2 rings (SSSR count). The lowest BCUT2D eigenvalue weighted by atomic mass is 10.2. The van der Waals surface area contributed by atoms with Crippen molar-refractivity contribution in [1.29, 1.82) is 0 Å². The first-order valence-electron chi connectivity index (χ1n) is 7.20. The first-order valence-corrected chi connectivity index (χ1v) is 7.57. The summed E-state index contributed by atoms with van der Waals surface area (Å²) in [6.07, 6.45) is -4.81. The van der Waals surface area contributed by atoms with Crippen molar-refractivity contribution >= 4 is 23.2 Å². The number of benzene rings is 2. The average molecular weight is 358 g/mol. The van der Waals surface area contributed by atoms with E-state index in [2.05, 4.69) is 5.32 Å². The molecule has 0 aromatic heterocycles. The molecule has 0 aliphatic carbocycles. The summed E-state index contributed by atoms with van der Waals surface area (Å²) < 4.78 is 43.1. The number of amides is 1. The van der Waals surface area contributed by atoms with Gasteiger partial charge >= 0.3 is 6.18 Å². The van der Waals surface area contributed by atoms with E-state index in [1.807, 2.05) is 0 Å². The summed E-state index contributed by atoms with van der Waals surface area (Å²) in [5.41, 5.74) is -0.510. The highest BCUT2D eigenvalue weighted by Crippen LogP contribution is 2.30. The van der Waals surface area contributed by atoms with Crippen molar-refractivity contribution in [1.82, 2.24) is 0 Å². The van der Waals surface area contributed by atoms with Crippen molar-refractivity contribution in [2.45, 2.75) is 25.6 Å². The fourth-order valence-corrected chi connectivity index (χ4v) is 2.17. The molecule has 0 aliphatic heterocycles. The molecule has 128 valence electrons. The molecule has 0 heterocycles. The summed E-state index contributed by atoms with van der Waals surface area (Å²) in [7, 11) is 0. The summed E-state index contributed by atoms with van der Waals surface area (Å²) in [6.45, 7) is 1.77. The number of hydrogen-bond acceptors (Lipinski definition) is 2. The van der Waals surface area contributed by atoms with Gasteiger partial charge in [-0.2, -0.15) is 13.2 Å². The Bertz CT molecular complexity index is 702. The maximum atomic E-state index is 12.5. The number of rotatable bonds is 5. The zero-order valence-electron chi connectivity index (χ0n) is 12.7. The molecule has 1 N–H and O–H groups in total. The van der Waals surface area contributed by atoms with Crippen LogP contribution in [-0.2, 0) is 11.0 Å². The number of halogens is 4. The van der Waals surface area contributed by atoms with Crippen LogP contribution in [0.1, 0.15) is 18.9 Å². The molecular weight excluding hydrogens is 343 g/mol. The quantitative estimate of drug-likeness (QED) is 0.803. The van der Waals surface area contributed by atoms with Gasteiger partial charge in [0.1, 0.15) is 5.75 Å². The van der Waals surface area contributed by atoms with Gasteiger partial charge in [-0.3, -0.25) is 4.79 Å². The Morgan fingerprint density at radius 2 is 1.88 bits per heavy atom. The number of nitrogens with one attached hydrogen (secondary N) is 1. The van der Waals surface area contributed by atoms with E-state index >= 15 is 0 Å². The van der Waals surface area contributed by atoms with E-state index in [4.69, 9.17) is 16.3 Å². The number of carbonyl (C=O) groups is 1. The zero-order chi connectivity index (χ0) is 17.7. The van der Waals surface area contributed by atoms with E-state index in [1.54, 1.807) is 31.2 Å². The molecule has 1 amide bonds. The van der Waals surface area contributed by atoms with Crippen LogP contribution in [0.25, 0.3) is 0 Å². The third kappa shape index (κ3) is 4.89. The summed E-state index contributed by atoms with van der Waals surface area (Å²) >= 11 is 5.86. The van der Waals surface area contributed by atoms with Gasteiger partial charge in [0.15, 0.2) is 6.10 Å². The first-order chi connectivity index (χ1) is 11.3. The third-order valence-corrected chi connectivity index (χ3v) is 3.45. The number of anilines is 1. The standard InChI is InChI=1S/C17H15ClF3NO2/c1-2-15(24-14-5-3-4-12(18)10-14)16(23)22-13-8-6-11(7-9-13)17(19,20)21/h3-10,15H,2H2,1H3,(H,22,23)/t15-/m0/s1. The SMILES string of the molecule is CC[C@H](Oc1cccc(Cl)c1)C(=O)Nc1ccc(C(F)(F)F)cc1. The number of hydrogen-bond donors (Lipinski definition) is 1. The van der Waals surface area contributed by atoms with Crippen LogP contribution in [0.15, 0.2) is 48.5 Å². The zero-order valence-corrected chi connectivity index (χ0v) is 13.5. The van der Waals surface area contributed by atoms with Crippen LogP contribution in [0, 0.1) is 0 Å². The van der Waals surface area contributed by atoms with Crippen molar-refractivity contribution in [2.75, 3.05) is 5.32 Å². The third-order valence-electron chi connectivity index (χ3n) is 3.22. The lowest BCUT2D eigenvalue weighted by Crippen LogP contribution is -2.32. The molecule has 0 unspecified atom stereocenters. The van der Waals surface area contributed by atoms with Crippen molar-refractivity contribution in [3.8, 4) is 5.75 Å². The summed E-state index contributed by atoms with van der Waals surface area (Å²) in [5, 5.41) is 3.02. The van der Waals surface area contributed by atoms with E-state index < -0.39 is 23.8 Å². The lowest BCUT2D eigenvalue weighted by Gasteiger charge is -2.17. The normalized spacial score (nSPS) is 12.5. The highest BCUT2D eigenvalue weighted by atomic mass is 35.5. The number of alkyl halides is 3. The molecule has 0 spiro atoms. The number of carbonyl (C=O) groups excluding carboxylic acids is 1. The lowest BCUT2D eigenvalue weighted by molar-refractivity contribution is -0.137. The molecule has 1 atom stereocenters. The van der Waals surface area contributed by atoms with E-state index in [-0.39, 0.29) is 5.69 Å². The molecule has 2 aromatic carbocycles. The van der Waals surface area contributed by atoms with Crippen LogP contribution < -0.4 is 10.1 Å². The van der Waals surface area contributed by atoms with Crippen LogP contribution >= 0.6 is 11.6 Å².